The lowest BCUT2D eigenvalue weighted by molar-refractivity contribution is -0.131. The first kappa shape index (κ1) is 13.9. The van der Waals surface area contributed by atoms with E-state index >= 15 is 0 Å². The molecule has 0 aliphatic carbocycles. The largest absolute Gasteiger partial charge is 0.352 e. The number of hydrogen-bond acceptors (Lipinski definition) is 3. The fraction of sp³-hybridized carbons (Fsp3) is 0.800. The highest BCUT2D eigenvalue weighted by Gasteiger charge is 2.25. The zero-order valence-corrected chi connectivity index (χ0v) is 10.0. The van der Waals surface area contributed by atoms with Gasteiger partial charge in [0.05, 0.1) is 5.54 Å². The second kappa shape index (κ2) is 5.11. The summed E-state index contributed by atoms with van der Waals surface area (Å²) in [5.41, 5.74) is 4.62. The van der Waals surface area contributed by atoms with Crippen molar-refractivity contribution in [3.8, 4) is 0 Å². The van der Waals surface area contributed by atoms with Crippen molar-refractivity contribution in [1.29, 1.82) is 0 Å². The summed E-state index contributed by atoms with van der Waals surface area (Å²) in [5.74, 6) is -0.545. The fourth-order valence-corrected chi connectivity index (χ4v) is 0.858. The van der Waals surface area contributed by atoms with Gasteiger partial charge >= 0.3 is 0 Å². The van der Waals surface area contributed by atoms with E-state index in [2.05, 4.69) is 10.6 Å². The molecular formula is C10H21N3O2. The minimum absolute atomic E-state index is 0.0581. The van der Waals surface area contributed by atoms with Crippen molar-refractivity contribution in [2.24, 2.45) is 5.73 Å². The molecule has 0 saturated heterocycles. The fourth-order valence-electron chi connectivity index (χ4n) is 0.858. The SMILES string of the molecule is CC(C)NC(=O)C(C)NC(=O)C(C)(C)N. The van der Waals surface area contributed by atoms with Crippen molar-refractivity contribution in [3.63, 3.8) is 0 Å². The van der Waals surface area contributed by atoms with Crippen LogP contribution in [0.25, 0.3) is 0 Å². The van der Waals surface area contributed by atoms with Crippen LogP contribution < -0.4 is 16.4 Å². The Morgan fingerprint density at radius 3 is 1.93 bits per heavy atom. The molecule has 88 valence electrons. The van der Waals surface area contributed by atoms with E-state index in [1.165, 1.54) is 0 Å². The first-order valence-corrected chi connectivity index (χ1v) is 5.04. The van der Waals surface area contributed by atoms with Gasteiger partial charge in [0.15, 0.2) is 0 Å². The van der Waals surface area contributed by atoms with Gasteiger partial charge in [-0.2, -0.15) is 0 Å². The van der Waals surface area contributed by atoms with Gasteiger partial charge in [-0.15, -0.1) is 0 Å². The molecule has 0 heterocycles. The molecule has 0 aliphatic rings. The number of hydrogen-bond donors (Lipinski definition) is 3. The number of amides is 2. The van der Waals surface area contributed by atoms with Crippen LogP contribution in [0.1, 0.15) is 34.6 Å². The summed E-state index contributed by atoms with van der Waals surface area (Å²) in [5, 5.41) is 5.25. The van der Waals surface area contributed by atoms with Crippen LogP contribution in [0.2, 0.25) is 0 Å². The number of carbonyl (C=O) groups excluding carboxylic acids is 2. The Morgan fingerprint density at radius 1 is 1.13 bits per heavy atom. The molecule has 0 spiro atoms. The molecule has 0 bridgehead atoms. The number of nitrogens with two attached hydrogens (primary N) is 1. The highest BCUT2D eigenvalue weighted by atomic mass is 16.2. The van der Waals surface area contributed by atoms with Gasteiger partial charge in [0, 0.05) is 6.04 Å². The normalized spacial score (nSPS) is 13.5. The molecule has 0 radical (unpaired) electrons. The van der Waals surface area contributed by atoms with Crippen molar-refractivity contribution in [3.05, 3.63) is 0 Å². The zero-order valence-electron chi connectivity index (χ0n) is 10.0. The third-order valence-electron chi connectivity index (χ3n) is 1.76. The highest BCUT2D eigenvalue weighted by molar-refractivity contribution is 5.91. The molecule has 1 atom stereocenters. The molecule has 5 nitrogen and oxygen atoms in total. The van der Waals surface area contributed by atoms with E-state index in [-0.39, 0.29) is 17.9 Å². The van der Waals surface area contributed by atoms with Crippen molar-refractivity contribution in [1.82, 2.24) is 10.6 Å². The maximum absolute atomic E-state index is 11.4. The Labute approximate surface area is 90.8 Å². The second-order valence-corrected chi connectivity index (χ2v) is 4.58. The predicted octanol–water partition coefficient (Wildman–Crippen LogP) is -0.247. The van der Waals surface area contributed by atoms with E-state index in [9.17, 15) is 9.59 Å². The van der Waals surface area contributed by atoms with Crippen LogP contribution in [-0.2, 0) is 9.59 Å². The Morgan fingerprint density at radius 2 is 1.60 bits per heavy atom. The summed E-state index contributed by atoms with van der Waals surface area (Å²) in [6.07, 6.45) is 0. The maximum Gasteiger partial charge on any atom is 0.242 e. The summed E-state index contributed by atoms with van der Waals surface area (Å²) >= 11 is 0. The van der Waals surface area contributed by atoms with Crippen molar-refractivity contribution < 1.29 is 9.59 Å². The van der Waals surface area contributed by atoms with Crippen LogP contribution in [0, 0.1) is 0 Å². The summed E-state index contributed by atoms with van der Waals surface area (Å²) in [6, 6.07) is -0.509. The third-order valence-corrected chi connectivity index (χ3v) is 1.76. The molecule has 4 N–H and O–H groups in total. The lowest BCUT2D eigenvalue weighted by Gasteiger charge is -2.22. The van der Waals surface area contributed by atoms with Crippen LogP contribution in [0.15, 0.2) is 0 Å². The highest BCUT2D eigenvalue weighted by Crippen LogP contribution is 1.97. The van der Waals surface area contributed by atoms with Crippen molar-refractivity contribution in [2.75, 3.05) is 0 Å². The molecule has 0 aromatic rings. The summed E-state index contributed by atoms with van der Waals surface area (Å²) in [6.45, 7) is 8.53. The third kappa shape index (κ3) is 5.37. The molecule has 0 fully saturated rings. The summed E-state index contributed by atoms with van der Waals surface area (Å²) in [4.78, 5) is 22.9. The van der Waals surface area contributed by atoms with E-state index < -0.39 is 11.6 Å². The molecule has 5 heteroatoms. The van der Waals surface area contributed by atoms with Gasteiger partial charge < -0.3 is 16.4 Å². The van der Waals surface area contributed by atoms with E-state index in [1.54, 1.807) is 20.8 Å². The van der Waals surface area contributed by atoms with Crippen molar-refractivity contribution in [2.45, 2.75) is 52.2 Å². The minimum Gasteiger partial charge on any atom is -0.352 e. The van der Waals surface area contributed by atoms with Crippen molar-refractivity contribution >= 4 is 11.8 Å². The van der Waals surface area contributed by atoms with Gasteiger partial charge in [-0.3, -0.25) is 9.59 Å². The van der Waals surface area contributed by atoms with E-state index in [0.29, 0.717) is 0 Å². The van der Waals surface area contributed by atoms with Gasteiger partial charge in [-0.1, -0.05) is 0 Å². The lowest BCUT2D eigenvalue weighted by Crippen LogP contribution is -2.55. The average molecular weight is 215 g/mol. The van der Waals surface area contributed by atoms with Crippen LogP contribution >= 0.6 is 0 Å². The molecule has 0 saturated carbocycles. The van der Waals surface area contributed by atoms with Crippen LogP contribution in [0.4, 0.5) is 0 Å². The Balaban J connectivity index is 4.20. The first-order chi connectivity index (χ1) is 6.64. The van der Waals surface area contributed by atoms with Crippen LogP contribution in [0.5, 0.6) is 0 Å². The number of nitrogens with one attached hydrogen (secondary N) is 2. The molecule has 0 aromatic heterocycles. The predicted molar refractivity (Wildman–Crippen MR) is 59.1 cm³/mol. The van der Waals surface area contributed by atoms with Gasteiger partial charge in [0.2, 0.25) is 11.8 Å². The summed E-state index contributed by atoms with van der Waals surface area (Å²) in [7, 11) is 0. The standard InChI is InChI=1S/C10H21N3O2/c1-6(2)12-8(14)7(3)13-9(15)10(4,5)11/h6-7H,11H2,1-5H3,(H,12,14)(H,13,15). The Kier molecular flexibility index (Phi) is 4.74. The molecule has 0 aromatic carbocycles. The molecule has 0 aliphatic heterocycles. The van der Waals surface area contributed by atoms with Crippen LogP contribution in [0.3, 0.4) is 0 Å². The lowest BCUT2D eigenvalue weighted by atomic mass is 10.1. The average Bonchev–Trinajstić information content (AvgIpc) is 2.00. The maximum atomic E-state index is 11.4. The molecule has 15 heavy (non-hydrogen) atoms. The van der Waals surface area contributed by atoms with E-state index in [4.69, 9.17) is 5.73 Å². The quantitative estimate of drug-likeness (QED) is 0.605. The van der Waals surface area contributed by atoms with E-state index in [1.807, 2.05) is 13.8 Å². The monoisotopic (exact) mass is 215 g/mol. The molecule has 0 rings (SSSR count). The molecule has 2 amide bonds. The number of rotatable bonds is 4. The number of carbonyl (C=O) groups is 2. The first-order valence-electron chi connectivity index (χ1n) is 5.04. The van der Waals surface area contributed by atoms with Gasteiger partial charge in [-0.25, -0.2) is 0 Å². The Bertz CT molecular complexity index is 244. The smallest absolute Gasteiger partial charge is 0.242 e. The molecule has 1 unspecified atom stereocenters. The van der Waals surface area contributed by atoms with E-state index in [0.717, 1.165) is 0 Å². The van der Waals surface area contributed by atoms with Crippen LogP contribution in [-0.4, -0.2) is 29.4 Å². The Hall–Kier alpha value is -1.10. The molecular weight excluding hydrogens is 194 g/mol. The van der Waals surface area contributed by atoms with Gasteiger partial charge in [0.25, 0.3) is 0 Å². The van der Waals surface area contributed by atoms with Gasteiger partial charge in [0.1, 0.15) is 6.04 Å². The zero-order chi connectivity index (χ0) is 12.2. The van der Waals surface area contributed by atoms with Gasteiger partial charge in [-0.05, 0) is 34.6 Å². The minimum atomic E-state index is -0.966. The summed E-state index contributed by atoms with van der Waals surface area (Å²) < 4.78 is 0. The second-order valence-electron chi connectivity index (χ2n) is 4.58. The topological polar surface area (TPSA) is 84.2 Å².